The molecule has 21 heavy (non-hydrogen) atoms. The predicted octanol–water partition coefficient (Wildman–Crippen LogP) is 4.41. The molecular weight excluding hydrogens is 294 g/mol. The zero-order valence-electron chi connectivity index (χ0n) is 11.3. The molecule has 2 rings (SSSR count). The highest BCUT2D eigenvalue weighted by Crippen LogP contribution is 2.23. The Hall–Kier alpha value is -2.21. The first kappa shape index (κ1) is 15.2. The number of rotatable bonds is 4. The summed E-state index contributed by atoms with van der Waals surface area (Å²) < 4.78 is 28.6. The van der Waals surface area contributed by atoms with Crippen LogP contribution in [0.25, 0.3) is 0 Å². The molecule has 2 aromatic rings. The van der Waals surface area contributed by atoms with Gasteiger partial charge in [-0.3, -0.25) is 0 Å². The minimum atomic E-state index is -2.83. The zero-order valence-corrected chi connectivity index (χ0v) is 12.1. The Morgan fingerprint density at radius 2 is 1.81 bits per heavy atom. The van der Waals surface area contributed by atoms with Crippen molar-refractivity contribution in [3.63, 3.8) is 0 Å². The van der Waals surface area contributed by atoms with E-state index in [1.165, 1.54) is 12.1 Å². The van der Waals surface area contributed by atoms with Gasteiger partial charge in [0.05, 0.1) is 0 Å². The van der Waals surface area contributed by atoms with Gasteiger partial charge in [-0.2, -0.15) is 8.78 Å². The summed E-state index contributed by atoms with van der Waals surface area (Å²) in [6.07, 6.45) is 0. The maximum atomic E-state index is 12.1. The zero-order chi connectivity index (χ0) is 15.2. The molecule has 2 aromatic carbocycles. The number of nitrogens with one attached hydrogen (secondary N) is 2. The van der Waals surface area contributed by atoms with Crippen LogP contribution < -0.4 is 15.4 Å². The fraction of sp³-hybridized carbons (Fsp3) is 0.133. The Kier molecular flexibility index (Phi) is 5.05. The first-order valence-corrected chi connectivity index (χ1v) is 6.64. The molecule has 0 aliphatic heterocycles. The number of benzene rings is 2. The van der Waals surface area contributed by atoms with E-state index < -0.39 is 6.61 Å². The van der Waals surface area contributed by atoms with Gasteiger partial charge >= 0.3 is 6.61 Å². The number of anilines is 2. The number of alkyl halides is 2. The van der Waals surface area contributed by atoms with Crippen molar-refractivity contribution in [1.82, 2.24) is 0 Å². The highest BCUT2D eigenvalue weighted by atomic mass is 32.1. The molecule has 0 spiro atoms. The average molecular weight is 308 g/mol. The lowest BCUT2D eigenvalue weighted by Gasteiger charge is -2.13. The first-order valence-electron chi connectivity index (χ1n) is 6.23. The van der Waals surface area contributed by atoms with Crippen molar-refractivity contribution in [2.45, 2.75) is 13.5 Å². The summed E-state index contributed by atoms with van der Waals surface area (Å²) in [7, 11) is 0. The smallest absolute Gasteiger partial charge is 0.387 e. The quantitative estimate of drug-likeness (QED) is 0.820. The number of hydrogen-bond donors (Lipinski definition) is 2. The minimum absolute atomic E-state index is 0.120. The van der Waals surface area contributed by atoms with E-state index in [9.17, 15) is 8.78 Å². The standard InChI is InChI=1S/C15H14F2N2OS/c1-10-9-12(20-14(16)17)7-8-13(10)19-15(21)18-11-5-3-2-4-6-11/h2-9,14H,1H3,(H2,18,19,21). The highest BCUT2D eigenvalue weighted by Gasteiger charge is 2.07. The third-order valence-electron chi connectivity index (χ3n) is 2.70. The predicted molar refractivity (Wildman–Crippen MR) is 84.1 cm³/mol. The van der Waals surface area contributed by atoms with Gasteiger partial charge in [-0.1, -0.05) is 18.2 Å². The molecule has 2 N–H and O–H groups in total. The van der Waals surface area contributed by atoms with Crippen molar-refractivity contribution in [2.75, 3.05) is 10.6 Å². The molecule has 0 heterocycles. The number of para-hydroxylation sites is 1. The molecule has 0 aliphatic rings. The van der Waals surface area contributed by atoms with Crippen LogP contribution in [-0.4, -0.2) is 11.7 Å². The van der Waals surface area contributed by atoms with Gasteiger partial charge in [-0.15, -0.1) is 0 Å². The van der Waals surface area contributed by atoms with Crippen molar-refractivity contribution in [3.05, 3.63) is 54.1 Å². The van der Waals surface area contributed by atoms with Crippen molar-refractivity contribution in [3.8, 4) is 5.75 Å². The summed E-state index contributed by atoms with van der Waals surface area (Å²) in [5.74, 6) is 0.120. The van der Waals surface area contributed by atoms with E-state index in [1.54, 1.807) is 13.0 Å². The van der Waals surface area contributed by atoms with E-state index in [-0.39, 0.29) is 5.75 Å². The van der Waals surface area contributed by atoms with E-state index in [2.05, 4.69) is 15.4 Å². The summed E-state index contributed by atoms with van der Waals surface area (Å²) >= 11 is 5.21. The van der Waals surface area contributed by atoms with Crippen molar-refractivity contribution >= 4 is 28.7 Å². The number of thiocarbonyl (C=S) groups is 1. The van der Waals surface area contributed by atoms with Crippen molar-refractivity contribution in [1.29, 1.82) is 0 Å². The van der Waals surface area contributed by atoms with Crippen LogP contribution in [0.5, 0.6) is 5.75 Å². The van der Waals surface area contributed by atoms with E-state index >= 15 is 0 Å². The van der Waals surface area contributed by atoms with Gasteiger partial charge in [0.2, 0.25) is 0 Å². The minimum Gasteiger partial charge on any atom is -0.435 e. The molecular formula is C15H14F2N2OS. The highest BCUT2D eigenvalue weighted by molar-refractivity contribution is 7.80. The molecule has 0 atom stereocenters. The summed E-state index contributed by atoms with van der Waals surface area (Å²) in [4.78, 5) is 0. The summed E-state index contributed by atoms with van der Waals surface area (Å²) in [6.45, 7) is -1.05. The van der Waals surface area contributed by atoms with Crippen molar-refractivity contribution < 1.29 is 13.5 Å². The van der Waals surface area contributed by atoms with E-state index in [1.807, 2.05) is 30.3 Å². The molecule has 0 amide bonds. The molecule has 110 valence electrons. The third kappa shape index (κ3) is 4.68. The van der Waals surface area contributed by atoms with Crippen LogP contribution in [0.4, 0.5) is 20.2 Å². The van der Waals surface area contributed by atoms with Gasteiger partial charge in [0.1, 0.15) is 5.75 Å². The van der Waals surface area contributed by atoms with Crippen LogP contribution in [0.3, 0.4) is 0 Å². The summed E-state index contributed by atoms with van der Waals surface area (Å²) in [5.41, 5.74) is 2.35. The van der Waals surface area contributed by atoms with Crippen LogP contribution in [0, 0.1) is 6.92 Å². The average Bonchev–Trinajstić information content (AvgIpc) is 2.42. The molecule has 0 saturated heterocycles. The molecule has 0 bridgehead atoms. The van der Waals surface area contributed by atoms with E-state index in [0.29, 0.717) is 5.11 Å². The Labute approximate surface area is 126 Å². The van der Waals surface area contributed by atoms with Crippen LogP contribution in [-0.2, 0) is 0 Å². The monoisotopic (exact) mass is 308 g/mol. The Bertz CT molecular complexity index is 620. The largest absolute Gasteiger partial charge is 0.435 e. The SMILES string of the molecule is Cc1cc(OC(F)F)ccc1NC(=S)Nc1ccccc1. The fourth-order valence-electron chi connectivity index (χ4n) is 1.76. The fourth-order valence-corrected chi connectivity index (χ4v) is 1.99. The second-order valence-corrected chi connectivity index (χ2v) is 4.71. The number of aryl methyl sites for hydroxylation is 1. The molecule has 3 nitrogen and oxygen atoms in total. The summed E-state index contributed by atoms with van der Waals surface area (Å²) in [5, 5.41) is 6.47. The number of hydrogen-bond acceptors (Lipinski definition) is 2. The maximum Gasteiger partial charge on any atom is 0.387 e. The van der Waals surface area contributed by atoms with Crippen LogP contribution in [0.1, 0.15) is 5.56 Å². The van der Waals surface area contributed by atoms with Crippen LogP contribution >= 0.6 is 12.2 Å². The van der Waals surface area contributed by atoms with Gasteiger partial charge in [-0.05, 0) is 55.0 Å². The van der Waals surface area contributed by atoms with E-state index in [4.69, 9.17) is 12.2 Å². The molecule has 0 aliphatic carbocycles. The second kappa shape index (κ2) is 6.99. The Balaban J connectivity index is 2.01. The first-order chi connectivity index (χ1) is 10.0. The normalized spacial score (nSPS) is 10.3. The van der Waals surface area contributed by atoms with Gasteiger partial charge in [0.15, 0.2) is 5.11 Å². The van der Waals surface area contributed by atoms with Crippen molar-refractivity contribution in [2.24, 2.45) is 0 Å². The topological polar surface area (TPSA) is 33.3 Å². The van der Waals surface area contributed by atoms with Gasteiger partial charge < -0.3 is 15.4 Å². The van der Waals surface area contributed by atoms with Gasteiger partial charge in [0.25, 0.3) is 0 Å². The lowest BCUT2D eigenvalue weighted by molar-refractivity contribution is -0.0498. The molecule has 0 aromatic heterocycles. The lowest BCUT2D eigenvalue weighted by atomic mass is 10.2. The third-order valence-corrected chi connectivity index (χ3v) is 2.91. The molecule has 0 fully saturated rings. The summed E-state index contributed by atoms with van der Waals surface area (Å²) in [6, 6.07) is 14.1. The molecule has 6 heteroatoms. The van der Waals surface area contributed by atoms with Gasteiger partial charge in [-0.25, -0.2) is 0 Å². The van der Waals surface area contributed by atoms with Crippen LogP contribution in [0.15, 0.2) is 48.5 Å². The molecule has 0 unspecified atom stereocenters. The number of halogens is 2. The molecule has 0 saturated carbocycles. The lowest BCUT2D eigenvalue weighted by Crippen LogP contribution is -2.19. The number of ether oxygens (including phenoxy) is 1. The second-order valence-electron chi connectivity index (χ2n) is 4.30. The molecule has 0 radical (unpaired) electrons. The maximum absolute atomic E-state index is 12.1. The van der Waals surface area contributed by atoms with Crippen LogP contribution in [0.2, 0.25) is 0 Å². The van der Waals surface area contributed by atoms with Gasteiger partial charge in [0, 0.05) is 11.4 Å². The Morgan fingerprint density at radius 3 is 2.43 bits per heavy atom. The van der Waals surface area contributed by atoms with E-state index in [0.717, 1.165) is 16.9 Å². The Morgan fingerprint density at radius 1 is 1.10 bits per heavy atom.